The fraction of sp³-hybridized carbons (Fsp3) is 0.158. The zero-order valence-corrected chi connectivity index (χ0v) is 15.2. The molecule has 0 aliphatic carbocycles. The first-order valence-electron chi connectivity index (χ1n) is 7.69. The number of carbonyl (C=O) groups excluding carboxylic acids is 1. The second-order valence-corrected chi connectivity index (χ2v) is 7.15. The highest BCUT2D eigenvalue weighted by Gasteiger charge is 2.14. The van der Waals surface area contributed by atoms with Gasteiger partial charge in [-0.15, -0.1) is 23.1 Å². The van der Waals surface area contributed by atoms with Crippen LogP contribution in [0.15, 0.2) is 59.8 Å². The number of carbonyl (C=O) groups is 1. The van der Waals surface area contributed by atoms with E-state index in [1.54, 1.807) is 35.5 Å². The van der Waals surface area contributed by atoms with Crippen LogP contribution in [0.1, 0.15) is 13.3 Å². The summed E-state index contributed by atoms with van der Waals surface area (Å²) in [4.78, 5) is 18.2. The van der Waals surface area contributed by atoms with E-state index in [0.29, 0.717) is 6.42 Å². The van der Waals surface area contributed by atoms with Gasteiger partial charge >= 0.3 is 0 Å². The molecule has 3 rings (SSSR count). The minimum absolute atomic E-state index is 0.0295. The molecule has 0 aliphatic heterocycles. The van der Waals surface area contributed by atoms with Crippen LogP contribution < -0.4 is 5.32 Å². The van der Waals surface area contributed by atoms with Gasteiger partial charge in [0.05, 0.1) is 5.00 Å². The van der Waals surface area contributed by atoms with Crippen molar-refractivity contribution in [2.45, 2.75) is 18.2 Å². The maximum atomic E-state index is 11.7. The van der Waals surface area contributed by atoms with Crippen molar-refractivity contribution < 1.29 is 4.79 Å². The van der Waals surface area contributed by atoms with Gasteiger partial charge in [-0.05, 0) is 47.7 Å². The summed E-state index contributed by atoms with van der Waals surface area (Å²) in [7, 11) is 0. The average molecular weight is 355 g/mol. The Bertz CT molecular complexity index is 826. The summed E-state index contributed by atoms with van der Waals surface area (Å²) in [6, 6.07) is 14.6. The molecule has 0 radical (unpaired) electrons. The van der Waals surface area contributed by atoms with E-state index in [9.17, 15) is 4.79 Å². The Morgan fingerprint density at radius 3 is 2.46 bits per heavy atom. The van der Waals surface area contributed by atoms with Gasteiger partial charge in [-0.2, -0.15) is 0 Å². The topological polar surface area (TPSA) is 42.0 Å². The van der Waals surface area contributed by atoms with E-state index in [2.05, 4.69) is 46.9 Å². The van der Waals surface area contributed by atoms with Crippen LogP contribution in [0.5, 0.6) is 0 Å². The number of hydrogen-bond donors (Lipinski definition) is 1. The molecule has 24 heavy (non-hydrogen) atoms. The number of anilines is 1. The number of thioether (sulfide) groups is 1. The Hall–Kier alpha value is -2.11. The van der Waals surface area contributed by atoms with Crippen molar-refractivity contribution in [3.63, 3.8) is 0 Å². The molecule has 2 heterocycles. The van der Waals surface area contributed by atoms with Crippen molar-refractivity contribution in [3.8, 4) is 21.6 Å². The number of pyridine rings is 1. The number of hydrogen-bond acceptors (Lipinski definition) is 4. The molecule has 0 saturated heterocycles. The first-order chi connectivity index (χ1) is 11.7. The summed E-state index contributed by atoms with van der Waals surface area (Å²) in [5.74, 6) is 0.0295. The van der Waals surface area contributed by atoms with Crippen LogP contribution in [0.4, 0.5) is 5.00 Å². The first-order valence-corrected chi connectivity index (χ1v) is 9.74. The number of amides is 1. The SMILES string of the molecule is CCC(=O)Nc1cc(-c2ccc(SC)cc2)c(-c2ccncc2)s1. The number of nitrogens with zero attached hydrogens (tertiary/aromatic N) is 1. The second-order valence-electron chi connectivity index (χ2n) is 5.22. The third-order valence-corrected chi connectivity index (χ3v) is 5.50. The van der Waals surface area contributed by atoms with Gasteiger partial charge in [0.1, 0.15) is 0 Å². The van der Waals surface area contributed by atoms with E-state index in [1.807, 2.05) is 19.1 Å². The predicted octanol–water partition coefficient (Wildman–Crippen LogP) is 5.55. The lowest BCUT2D eigenvalue weighted by molar-refractivity contribution is -0.115. The molecular formula is C19H18N2OS2. The summed E-state index contributed by atoms with van der Waals surface area (Å²) in [5.41, 5.74) is 3.38. The lowest BCUT2D eigenvalue weighted by Gasteiger charge is -2.05. The van der Waals surface area contributed by atoms with E-state index >= 15 is 0 Å². The number of benzene rings is 1. The van der Waals surface area contributed by atoms with Crippen LogP contribution >= 0.6 is 23.1 Å². The summed E-state index contributed by atoms with van der Waals surface area (Å²) in [5, 5.41) is 3.85. The van der Waals surface area contributed by atoms with Gasteiger partial charge in [0.2, 0.25) is 5.91 Å². The van der Waals surface area contributed by atoms with Crippen LogP contribution in [0.2, 0.25) is 0 Å². The number of rotatable bonds is 5. The van der Waals surface area contributed by atoms with Crippen LogP contribution in [-0.4, -0.2) is 17.1 Å². The Kier molecular flexibility index (Phi) is 5.33. The van der Waals surface area contributed by atoms with Gasteiger partial charge in [0, 0.05) is 34.2 Å². The summed E-state index contributed by atoms with van der Waals surface area (Å²) >= 11 is 3.32. The smallest absolute Gasteiger partial charge is 0.224 e. The maximum Gasteiger partial charge on any atom is 0.224 e. The molecule has 1 aromatic carbocycles. The quantitative estimate of drug-likeness (QED) is 0.611. The fourth-order valence-corrected chi connectivity index (χ4v) is 3.89. The molecule has 2 aromatic heterocycles. The van der Waals surface area contributed by atoms with Crippen molar-refractivity contribution in [3.05, 3.63) is 54.9 Å². The molecule has 0 unspecified atom stereocenters. The lowest BCUT2D eigenvalue weighted by atomic mass is 10.0. The van der Waals surface area contributed by atoms with E-state index in [1.165, 1.54) is 4.90 Å². The summed E-state index contributed by atoms with van der Waals surface area (Å²) in [6.07, 6.45) is 6.13. The molecule has 0 spiro atoms. The molecule has 1 amide bonds. The van der Waals surface area contributed by atoms with Crippen molar-refractivity contribution >= 4 is 34.0 Å². The van der Waals surface area contributed by atoms with E-state index in [-0.39, 0.29) is 5.91 Å². The van der Waals surface area contributed by atoms with Crippen molar-refractivity contribution in [2.75, 3.05) is 11.6 Å². The maximum absolute atomic E-state index is 11.7. The average Bonchev–Trinajstić information content (AvgIpc) is 3.06. The van der Waals surface area contributed by atoms with Gasteiger partial charge in [-0.25, -0.2) is 0 Å². The highest BCUT2D eigenvalue weighted by Crippen LogP contribution is 2.42. The van der Waals surface area contributed by atoms with Crippen LogP contribution in [-0.2, 0) is 4.79 Å². The van der Waals surface area contributed by atoms with Gasteiger partial charge in [0.25, 0.3) is 0 Å². The van der Waals surface area contributed by atoms with Crippen LogP contribution in [0.25, 0.3) is 21.6 Å². The first kappa shape index (κ1) is 16.7. The van der Waals surface area contributed by atoms with E-state index < -0.39 is 0 Å². The van der Waals surface area contributed by atoms with E-state index in [4.69, 9.17) is 0 Å². The molecule has 5 heteroatoms. The van der Waals surface area contributed by atoms with Gasteiger partial charge < -0.3 is 5.32 Å². The zero-order chi connectivity index (χ0) is 16.9. The normalized spacial score (nSPS) is 10.6. The molecule has 3 nitrogen and oxygen atoms in total. The predicted molar refractivity (Wildman–Crippen MR) is 104 cm³/mol. The van der Waals surface area contributed by atoms with Crippen molar-refractivity contribution in [2.24, 2.45) is 0 Å². The van der Waals surface area contributed by atoms with Crippen molar-refractivity contribution in [1.29, 1.82) is 0 Å². The highest BCUT2D eigenvalue weighted by molar-refractivity contribution is 7.98. The minimum Gasteiger partial charge on any atom is -0.318 e. The Morgan fingerprint density at radius 2 is 1.83 bits per heavy atom. The van der Waals surface area contributed by atoms with Gasteiger partial charge in [0.15, 0.2) is 0 Å². The lowest BCUT2D eigenvalue weighted by Crippen LogP contribution is -2.07. The summed E-state index contributed by atoms with van der Waals surface area (Å²) in [6.45, 7) is 1.86. The number of nitrogens with one attached hydrogen (secondary N) is 1. The summed E-state index contributed by atoms with van der Waals surface area (Å²) < 4.78 is 0. The zero-order valence-electron chi connectivity index (χ0n) is 13.6. The third-order valence-electron chi connectivity index (χ3n) is 3.66. The standard InChI is InChI=1S/C19H18N2OS2/c1-3-17(22)21-18-12-16(13-4-6-15(23-2)7-5-13)19(24-18)14-8-10-20-11-9-14/h4-12H,3H2,1-2H3,(H,21,22). The highest BCUT2D eigenvalue weighted by atomic mass is 32.2. The minimum atomic E-state index is 0.0295. The largest absolute Gasteiger partial charge is 0.318 e. The third kappa shape index (κ3) is 3.68. The molecule has 0 saturated carbocycles. The Morgan fingerprint density at radius 1 is 1.12 bits per heavy atom. The van der Waals surface area contributed by atoms with Crippen LogP contribution in [0.3, 0.4) is 0 Å². The molecule has 1 N–H and O–H groups in total. The fourth-order valence-electron chi connectivity index (χ4n) is 2.38. The number of thiophene rings is 1. The molecule has 0 fully saturated rings. The molecule has 122 valence electrons. The molecule has 0 bridgehead atoms. The Labute approximate surface area is 150 Å². The monoisotopic (exact) mass is 354 g/mol. The Balaban J connectivity index is 2.06. The van der Waals surface area contributed by atoms with Gasteiger partial charge in [-0.3, -0.25) is 9.78 Å². The molecule has 0 aliphatic rings. The molecular weight excluding hydrogens is 336 g/mol. The van der Waals surface area contributed by atoms with Gasteiger partial charge in [-0.1, -0.05) is 19.1 Å². The molecule has 0 atom stereocenters. The van der Waals surface area contributed by atoms with Crippen molar-refractivity contribution in [1.82, 2.24) is 4.98 Å². The molecule has 3 aromatic rings. The van der Waals surface area contributed by atoms with Crippen LogP contribution in [0, 0.1) is 0 Å². The second kappa shape index (κ2) is 7.64. The van der Waals surface area contributed by atoms with E-state index in [0.717, 1.165) is 26.6 Å². The number of aromatic nitrogens is 1.